The first-order valence-corrected chi connectivity index (χ1v) is 15.6. The largest absolute Gasteiger partial charge is 0.353 e. The monoisotopic (exact) mass is 652 g/mol. The minimum atomic E-state index is -0.786. The van der Waals surface area contributed by atoms with Crippen molar-refractivity contribution in [3.63, 3.8) is 0 Å². The number of hydrogen-bond donors (Lipinski definition) is 3. The van der Waals surface area contributed by atoms with Crippen LogP contribution < -0.4 is 16.0 Å². The van der Waals surface area contributed by atoms with Gasteiger partial charge >= 0.3 is 0 Å². The third kappa shape index (κ3) is 7.30. The molecular weight excluding hydrogens is 627 g/mol. The second-order valence-electron chi connectivity index (χ2n) is 10.0. The Morgan fingerprint density at radius 2 is 1.56 bits per heavy atom. The third-order valence-electron chi connectivity index (χ3n) is 7.02. The number of carbonyl (C=O) groups excluding carboxylic acids is 3. The van der Waals surface area contributed by atoms with Crippen molar-refractivity contribution in [1.29, 1.82) is 5.26 Å². The molecular formula is C35H26Cl2N4O3S. The number of para-hydroxylation sites is 1. The summed E-state index contributed by atoms with van der Waals surface area (Å²) < 4.78 is 0. The van der Waals surface area contributed by atoms with Crippen molar-refractivity contribution in [2.24, 2.45) is 0 Å². The van der Waals surface area contributed by atoms with Gasteiger partial charge in [-0.3, -0.25) is 14.4 Å². The van der Waals surface area contributed by atoms with Crippen molar-refractivity contribution < 1.29 is 14.4 Å². The zero-order chi connectivity index (χ0) is 31.9. The predicted octanol–water partition coefficient (Wildman–Crippen LogP) is 7.93. The first-order valence-electron chi connectivity index (χ1n) is 13.8. The molecule has 0 aliphatic carbocycles. The minimum Gasteiger partial charge on any atom is -0.353 e. The number of carbonyl (C=O) groups is 3. The molecule has 0 saturated carbocycles. The number of rotatable bonds is 9. The van der Waals surface area contributed by atoms with Gasteiger partial charge in [-0.05, 0) is 48.9 Å². The van der Waals surface area contributed by atoms with Gasteiger partial charge < -0.3 is 16.0 Å². The van der Waals surface area contributed by atoms with Gasteiger partial charge in [0.1, 0.15) is 0 Å². The number of allylic oxidation sites excluding steroid dienone is 2. The van der Waals surface area contributed by atoms with E-state index in [-0.39, 0.29) is 28.6 Å². The number of hydrogen-bond acceptors (Lipinski definition) is 6. The second kappa shape index (κ2) is 14.3. The zero-order valence-corrected chi connectivity index (χ0v) is 26.3. The van der Waals surface area contributed by atoms with Crippen LogP contribution in [-0.4, -0.2) is 23.4 Å². The van der Waals surface area contributed by atoms with Crippen LogP contribution in [0.1, 0.15) is 34.3 Å². The average molecular weight is 654 g/mol. The molecule has 0 unspecified atom stereocenters. The van der Waals surface area contributed by atoms with Crippen molar-refractivity contribution in [2.45, 2.75) is 12.8 Å². The topological polar surface area (TPSA) is 111 Å². The Labute approximate surface area is 274 Å². The van der Waals surface area contributed by atoms with E-state index in [9.17, 15) is 19.6 Å². The molecule has 0 saturated heterocycles. The standard InChI is InChI=1S/C35H26Cl2N4O3S/c1-21-31(34(44)40-24-12-6-3-7-13-24)32(25-14-8-9-15-28(25)37)27(19-38)35(39-21)45-20-30(42)41-29-17-16-23(36)18-26(29)33(43)22-10-4-2-5-11-22/h2-18,32,39H,20H2,1H3,(H,40,44)(H,41,42)/t32-/m1/s1. The number of anilines is 2. The molecule has 0 radical (unpaired) electrons. The molecule has 1 aliphatic rings. The van der Waals surface area contributed by atoms with E-state index in [4.69, 9.17) is 23.2 Å². The van der Waals surface area contributed by atoms with Gasteiger partial charge in [0.05, 0.1) is 34.0 Å². The smallest absolute Gasteiger partial charge is 0.254 e. The molecule has 0 aromatic heterocycles. The number of amides is 2. The van der Waals surface area contributed by atoms with Crippen LogP contribution in [0, 0.1) is 11.3 Å². The van der Waals surface area contributed by atoms with Crippen molar-refractivity contribution >= 4 is 63.9 Å². The third-order valence-corrected chi connectivity index (χ3v) is 8.62. The molecule has 4 aromatic carbocycles. The van der Waals surface area contributed by atoms with Crippen LogP contribution in [0.15, 0.2) is 125 Å². The molecule has 2 amide bonds. The fourth-order valence-electron chi connectivity index (χ4n) is 4.95. The van der Waals surface area contributed by atoms with E-state index in [2.05, 4.69) is 22.0 Å². The summed E-state index contributed by atoms with van der Waals surface area (Å²) in [5.74, 6) is -1.95. The first kappa shape index (κ1) is 31.6. The SMILES string of the molecule is CC1=C(C(=O)Nc2ccccc2)[C@H](c2ccccc2Cl)C(C#N)=C(SCC(=O)Nc2ccc(Cl)cc2C(=O)c2ccccc2)N1. The van der Waals surface area contributed by atoms with Gasteiger partial charge in [0.15, 0.2) is 5.78 Å². The van der Waals surface area contributed by atoms with E-state index < -0.39 is 11.8 Å². The Bertz CT molecular complexity index is 1890. The normalized spacial score (nSPS) is 14.3. The van der Waals surface area contributed by atoms with Gasteiger partial charge in [-0.1, -0.05) is 102 Å². The molecule has 1 atom stereocenters. The molecule has 0 spiro atoms. The van der Waals surface area contributed by atoms with Crippen LogP contribution in [0.4, 0.5) is 11.4 Å². The Morgan fingerprint density at radius 3 is 2.24 bits per heavy atom. The van der Waals surface area contributed by atoms with E-state index in [0.717, 1.165) is 11.8 Å². The van der Waals surface area contributed by atoms with Gasteiger partial charge in [0.25, 0.3) is 5.91 Å². The number of nitrogens with zero attached hydrogens (tertiary/aromatic N) is 1. The molecule has 3 N–H and O–H groups in total. The summed E-state index contributed by atoms with van der Waals surface area (Å²) in [6, 6.07) is 31.7. The number of ketones is 1. The van der Waals surface area contributed by atoms with E-state index in [1.54, 1.807) is 79.7 Å². The minimum absolute atomic E-state index is 0.0941. The molecule has 0 bridgehead atoms. The van der Waals surface area contributed by atoms with E-state index >= 15 is 0 Å². The fraction of sp³-hybridized carbons (Fsp3) is 0.0857. The van der Waals surface area contributed by atoms with Crippen LogP contribution in [-0.2, 0) is 9.59 Å². The molecule has 1 heterocycles. The number of halogens is 2. The highest BCUT2D eigenvalue weighted by molar-refractivity contribution is 8.03. The lowest BCUT2D eigenvalue weighted by molar-refractivity contribution is -0.114. The summed E-state index contributed by atoms with van der Waals surface area (Å²) in [6.45, 7) is 1.74. The van der Waals surface area contributed by atoms with Gasteiger partial charge in [-0.2, -0.15) is 5.26 Å². The maximum absolute atomic E-state index is 13.6. The van der Waals surface area contributed by atoms with Crippen LogP contribution in [0.3, 0.4) is 0 Å². The Morgan fingerprint density at radius 1 is 0.889 bits per heavy atom. The summed E-state index contributed by atoms with van der Waals surface area (Å²) in [5.41, 5.74) is 3.32. The maximum Gasteiger partial charge on any atom is 0.254 e. The number of nitriles is 1. The molecule has 0 fully saturated rings. The van der Waals surface area contributed by atoms with Crippen LogP contribution in [0.25, 0.3) is 0 Å². The van der Waals surface area contributed by atoms with Gasteiger partial charge in [-0.25, -0.2) is 0 Å². The van der Waals surface area contributed by atoms with Crippen molar-refractivity contribution in [3.8, 4) is 6.07 Å². The Kier molecular flexibility index (Phi) is 10.1. The quantitative estimate of drug-likeness (QED) is 0.158. The molecule has 4 aromatic rings. The van der Waals surface area contributed by atoms with Crippen LogP contribution in [0.2, 0.25) is 10.0 Å². The lowest BCUT2D eigenvalue weighted by atomic mass is 9.82. The van der Waals surface area contributed by atoms with Crippen molar-refractivity contribution in [2.75, 3.05) is 16.4 Å². The maximum atomic E-state index is 13.6. The van der Waals surface area contributed by atoms with E-state index in [1.807, 2.05) is 24.3 Å². The molecule has 224 valence electrons. The summed E-state index contributed by atoms with van der Waals surface area (Å²) >= 11 is 13.9. The lowest BCUT2D eigenvalue weighted by Gasteiger charge is -2.30. The van der Waals surface area contributed by atoms with E-state index in [1.165, 1.54) is 6.07 Å². The Balaban J connectivity index is 1.41. The van der Waals surface area contributed by atoms with Crippen molar-refractivity contribution in [3.05, 3.63) is 152 Å². The van der Waals surface area contributed by atoms with Gasteiger partial charge in [-0.15, -0.1) is 0 Å². The fourth-order valence-corrected chi connectivity index (χ4v) is 6.26. The zero-order valence-electron chi connectivity index (χ0n) is 23.9. The first-order chi connectivity index (χ1) is 21.8. The Hall–Kier alpha value is -4.81. The molecule has 5 rings (SSSR count). The van der Waals surface area contributed by atoms with Gasteiger partial charge in [0.2, 0.25) is 5.91 Å². The van der Waals surface area contributed by atoms with E-state index in [0.29, 0.717) is 48.8 Å². The van der Waals surface area contributed by atoms with Crippen LogP contribution >= 0.6 is 35.0 Å². The summed E-state index contributed by atoms with van der Waals surface area (Å²) in [5, 5.41) is 20.5. The summed E-state index contributed by atoms with van der Waals surface area (Å²) in [6.07, 6.45) is 0. The van der Waals surface area contributed by atoms with Crippen molar-refractivity contribution in [1.82, 2.24) is 5.32 Å². The predicted molar refractivity (Wildman–Crippen MR) is 180 cm³/mol. The molecule has 1 aliphatic heterocycles. The second-order valence-corrected chi connectivity index (χ2v) is 11.8. The highest BCUT2D eigenvalue weighted by Gasteiger charge is 2.36. The average Bonchev–Trinajstić information content (AvgIpc) is 3.05. The van der Waals surface area contributed by atoms with Gasteiger partial charge in [0, 0.05) is 38.1 Å². The number of dihydropyridines is 1. The summed E-state index contributed by atoms with van der Waals surface area (Å²) in [4.78, 5) is 40.0. The highest BCUT2D eigenvalue weighted by Crippen LogP contribution is 2.43. The molecule has 10 heteroatoms. The lowest BCUT2D eigenvalue weighted by Crippen LogP contribution is -2.31. The number of benzene rings is 4. The number of nitrogens with one attached hydrogen (secondary N) is 3. The molecule has 45 heavy (non-hydrogen) atoms. The highest BCUT2D eigenvalue weighted by atomic mass is 35.5. The summed E-state index contributed by atoms with van der Waals surface area (Å²) in [7, 11) is 0. The number of thioether (sulfide) groups is 1. The molecule has 7 nitrogen and oxygen atoms in total. The van der Waals surface area contributed by atoms with Crippen LogP contribution in [0.5, 0.6) is 0 Å².